The molecule has 128 valence electrons. The van der Waals surface area contributed by atoms with Crippen LogP contribution in [0.3, 0.4) is 0 Å². The fourth-order valence-electron chi connectivity index (χ4n) is 2.53. The van der Waals surface area contributed by atoms with Crippen molar-refractivity contribution in [2.45, 2.75) is 11.8 Å². The highest BCUT2D eigenvalue weighted by Gasteiger charge is 2.12. The Morgan fingerprint density at radius 3 is 1.81 bits per heavy atom. The van der Waals surface area contributed by atoms with Crippen LogP contribution in [0.5, 0.6) is 0 Å². The molecule has 1 nitrogen and oxygen atoms in total. The van der Waals surface area contributed by atoms with Crippen molar-refractivity contribution in [3.63, 3.8) is 0 Å². The van der Waals surface area contributed by atoms with Crippen LogP contribution in [-0.2, 0) is 0 Å². The number of halogens is 2. The number of benzene rings is 3. The van der Waals surface area contributed by atoms with Gasteiger partial charge in [0, 0.05) is 0 Å². The van der Waals surface area contributed by atoms with Crippen molar-refractivity contribution in [1.29, 1.82) is 5.26 Å². The van der Waals surface area contributed by atoms with Gasteiger partial charge in [-0.25, -0.2) is 8.78 Å². The van der Waals surface area contributed by atoms with Crippen molar-refractivity contribution in [1.82, 2.24) is 0 Å². The Morgan fingerprint density at radius 2 is 1.31 bits per heavy atom. The van der Waals surface area contributed by atoms with Gasteiger partial charge in [-0.3, -0.25) is 0 Å². The van der Waals surface area contributed by atoms with Gasteiger partial charge in [-0.2, -0.15) is 5.26 Å². The number of thiocyanates is 1. The van der Waals surface area contributed by atoms with Crippen LogP contribution < -0.4 is 0 Å². The molecule has 0 unspecified atom stereocenters. The summed E-state index contributed by atoms with van der Waals surface area (Å²) in [5.74, 6) is -1.45. The van der Waals surface area contributed by atoms with E-state index in [1.54, 1.807) is 5.40 Å². The third-order valence-corrected chi connectivity index (χ3v) is 4.62. The summed E-state index contributed by atoms with van der Waals surface area (Å²) in [5, 5.41) is 10.3. The second kappa shape index (κ2) is 7.99. The Balaban J connectivity index is 1.81. The molecule has 0 N–H and O–H groups in total. The minimum atomic E-state index is -0.727. The van der Waals surface area contributed by atoms with E-state index in [-0.39, 0.29) is 4.90 Å². The summed E-state index contributed by atoms with van der Waals surface area (Å²) in [4.78, 5) is -0.270. The number of nitriles is 1. The van der Waals surface area contributed by atoms with E-state index in [1.807, 2.05) is 55.5 Å². The summed E-state index contributed by atoms with van der Waals surface area (Å²) in [6.45, 7) is 2.05. The number of hydrogen-bond acceptors (Lipinski definition) is 2. The maximum atomic E-state index is 14.0. The maximum absolute atomic E-state index is 14.0. The van der Waals surface area contributed by atoms with Crippen LogP contribution in [0.25, 0.3) is 23.3 Å². The van der Waals surface area contributed by atoms with Crippen LogP contribution in [-0.4, -0.2) is 0 Å². The van der Waals surface area contributed by atoms with Crippen molar-refractivity contribution in [3.05, 3.63) is 89.0 Å². The summed E-state index contributed by atoms with van der Waals surface area (Å²) in [5.41, 5.74) is 4.46. The molecule has 0 atom stereocenters. The second-order valence-electron chi connectivity index (χ2n) is 5.83. The van der Waals surface area contributed by atoms with Crippen LogP contribution in [0.1, 0.15) is 16.7 Å². The molecule has 0 heterocycles. The molecule has 3 rings (SSSR count). The Hall–Kier alpha value is -2.90. The van der Waals surface area contributed by atoms with Gasteiger partial charge in [-0.05, 0) is 53.1 Å². The van der Waals surface area contributed by atoms with Crippen molar-refractivity contribution >= 4 is 23.9 Å². The van der Waals surface area contributed by atoms with Crippen LogP contribution in [0.15, 0.2) is 65.6 Å². The molecule has 0 saturated heterocycles. The number of hydrogen-bond donors (Lipinski definition) is 0. The molecule has 0 aromatic heterocycles. The highest BCUT2D eigenvalue weighted by atomic mass is 32.2. The normalized spacial score (nSPS) is 10.8. The zero-order chi connectivity index (χ0) is 18.5. The van der Waals surface area contributed by atoms with Gasteiger partial charge in [0.15, 0.2) is 0 Å². The highest BCUT2D eigenvalue weighted by molar-refractivity contribution is 8.03. The zero-order valence-electron chi connectivity index (χ0n) is 14.0. The molecule has 0 aliphatic carbocycles. The van der Waals surface area contributed by atoms with Gasteiger partial charge < -0.3 is 0 Å². The lowest BCUT2D eigenvalue weighted by Crippen LogP contribution is -1.89. The van der Waals surface area contributed by atoms with E-state index >= 15 is 0 Å². The Bertz CT molecular complexity index is 961. The monoisotopic (exact) mass is 363 g/mol. The first-order valence-electron chi connectivity index (χ1n) is 7.97. The quantitative estimate of drug-likeness (QED) is 0.293. The van der Waals surface area contributed by atoms with E-state index in [0.29, 0.717) is 22.9 Å². The number of nitrogens with zero attached hydrogens (tertiary/aromatic N) is 1. The summed E-state index contributed by atoms with van der Waals surface area (Å²) in [6.07, 6.45) is 4.00. The molecule has 4 heteroatoms. The molecule has 0 amide bonds. The largest absolute Gasteiger partial charge is 0.206 e. The number of rotatable bonds is 4. The molecule has 0 bridgehead atoms. The number of aryl methyl sites for hydroxylation is 1. The second-order valence-corrected chi connectivity index (χ2v) is 6.62. The van der Waals surface area contributed by atoms with Crippen molar-refractivity contribution in [3.8, 4) is 16.5 Å². The van der Waals surface area contributed by atoms with Gasteiger partial charge in [0.2, 0.25) is 0 Å². The first-order valence-corrected chi connectivity index (χ1v) is 8.78. The maximum Gasteiger partial charge on any atom is 0.141 e. The molecule has 0 aliphatic rings. The molecule has 3 aromatic rings. The molecule has 26 heavy (non-hydrogen) atoms. The van der Waals surface area contributed by atoms with Gasteiger partial charge in [0.25, 0.3) is 0 Å². The third-order valence-electron chi connectivity index (χ3n) is 3.94. The smallest absolute Gasteiger partial charge is 0.141 e. The van der Waals surface area contributed by atoms with Gasteiger partial charge in [-0.1, -0.05) is 66.2 Å². The van der Waals surface area contributed by atoms with Crippen molar-refractivity contribution in [2.24, 2.45) is 0 Å². The molecular formula is C22H15F2NS. The lowest BCUT2D eigenvalue weighted by atomic mass is 10.0. The predicted molar refractivity (Wildman–Crippen MR) is 103 cm³/mol. The average Bonchev–Trinajstić information content (AvgIpc) is 2.64. The van der Waals surface area contributed by atoms with E-state index in [4.69, 9.17) is 5.26 Å². The zero-order valence-corrected chi connectivity index (χ0v) is 14.9. The van der Waals surface area contributed by atoms with E-state index < -0.39 is 11.6 Å². The molecule has 0 radical (unpaired) electrons. The third kappa shape index (κ3) is 4.19. The van der Waals surface area contributed by atoms with Crippen LogP contribution >= 0.6 is 11.8 Å². The lowest BCUT2D eigenvalue weighted by Gasteiger charge is -2.06. The van der Waals surface area contributed by atoms with Gasteiger partial charge >= 0.3 is 0 Å². The predicted octanol–water partition coefficient (Wildman–Crippen LogP) is 6.68. The van der Waals surface area contributed by atoms with E-state index in [9.17, 15) is 8.78 Å². The highest BCUT2D eigenvalue weighted by Crippen LogP contribution is 2.30. The van der Waals surface area contributed by atoms with Crippen molar-refractivity contribution in [2.75, 3.05) is 0 Å². The van der Waals surface area contributed by atoms with E-state index in [1.165, 1.54) is 17.7 Å². The molecule has 0 saturated carbocycles. The van der Waals surface area contributed by atoms with E-state index in [0.717, 1.165) is 11.1 Å². The minimum absolute atomic E-state index is 0.270. The Labute approximate surface area is 155 Å². The van der Waals surface area contributed by atoms with Gasteiger partial charge in [0.05, 0.1) is 4.90 Å². The summed E-state index contributed by atoms with van der Waals surface area (Å²) < 4.78 is 28.0. The molecule has 3 aromatic carbocycles. The summed E-state index contributed by atoms with van der Waals surface area (Å²) in [7, 11) is 0. The summed E-state index contributed by atoms with van der Waals surface area (Å²) in [6, 6.07) is 18.1. The van der Waals surface area contributed by atoms with Crippen molar-refractivity contribution < 1.29 is 8.78 Å². The van der Waals surface area contributed by atoms with Gasteiger partial charge in [-0.15, -0.1) is 0 Å². The number of thioether (sulfide) groups is 1. The van der Waals surface area contributed by atoms with E-state index in [2.05, 4.69) is 12.1 Å². The van der Waals surface area contributed by atoms with Crippen LogP contribution in [0.2, 0.25) is 0 Å². The Morgan fingerprint density at radius 1 is 0.808 bits per heavy atom. The molecule has 0 aliphatic heterocycles. The lowest BCUT2D eigenvalue weighted by molar-refractivity contribution is 0.542. The Kier molecular flexibility index (Phi) is 5.50. The fraction of sp³-hybridized carbons (Fsp3) is 0.0455. The molecule has 0 spiro atoms. The average molecular weight is 363 g/mol. The first kappa shape index (κ1) is 17.9. The van der Waals surface area contributed by atoms with Crippen LogP contribution in [0, 0.1) is 29.2 Å². The SMILES string of the molecule is Cc1ccc(C=Cc2ccc(-c3cc(F)c(SC#N)c(F)c3)cc2)cc1. The minimum Gasteiger partial charge on any atom is -0.206 e. The van der Waals surface area contributed by atoms with Crippen LogP contribution in [0.4, 0.5) is 8.78 Å². The standard InChI is InChI=1S/C22H15F2NS/c1-15-2-4-16(5-3-15)6-7-17-8-10-18(11-9-17)19-12-20(23)22(26-14-25)21(24)13-19/h2-13H,1H3. The topological polar surface area (TPSA) is 23.8 Å². The summed E-state index contributed by atoms with van der Waals surface area (Å²) >= 11 is 0.487. The fourth-order valence-corrected chi connectivity index (χ4v) is 2.93. The molecular weight excluding hydrogens is 348 g/mol. The molecule has 0 fully saturated rings. The van der Waals surface area contributed by atoms with Gasteiger partial charge in [0.1, 0.15) is 17.0 Å². The first-order chi connectivity index (χ1) is 12.6.